The highest BCUT2D eigenvalue weighted by atomic mass is 32.2. The van der Waals surface area contributed by atoms with Crippen molar-refractivity contribution >= 4 is 26.7 Å². The van der Waals surface area contributed by atoms with Crippen molar-refractivity contribution in [1.82, 2.24) is 9.97 Å². The Kier molecular flexibility index (Phi) is 5.33. The molecule has 7 nitrogen and oxygen atoms in total. The van der Waals surface area contributed by atoms with Crippen LogP contribution in [0.3, 0.4) is 0 Å². The zero-order chi connectivity index (χ0) is 21.1. The van der Waals surface area contributed by atoms with Crippen LogP contribution < -0.4 is 14.2 Å². The van der Waals surface area contributed by atoms with Crippen LogP contribution in [0.25, 0.3) is 11.0 Å². The second-order valence-corrected chi connectivity index (χ2v) is 8.43. The van der Waals surface area contributed by atoms with E-state index >= 15 is 0 Å². The van der Waals surface area contributed by atoms with Crippen LogP contribution >= 0.6 is 0 Å². The third kappa shape index (κ3) is 4.23. The van der Waals surface area contributed by atoms with Crippen LogP contribution in [0.15, 0.2) is 71.6 Å². The number of sulfonamides is 1. The van der Waals surface area contributed by atoms with Crippen LogP contribution in [0.1, 0.15) is 11.4 Å². The summed E-state index contributed by atoms with van der Waals surface area (Å²) in [6.07, 6.45) is 0. The monoisotopic (exact) mass is 423 g/mol. The van der Waals surface area contributed by atoms with E-state index < -0.39 is 10.0 Å². The molecule has 154 valence electrons. The van der Waals surface area contributed by atoms with Gasteiger partial charge in [0.15, 0.2) is 0 Å². The normalized spacial score (nSPS) is 11.4. The van der Waals surface area contributed by atoms with E-state index in [9.17, 15) is 8.42 Å². The molecule has 3 aromatic carbocycles. The number of methoxy groups -OCH3 is 1. The van der Waals surface area contributed by atoms with Crippen LogP contribution in [0.2, 0.25) is 0 Å². The van der Waals surface area contributed by atoms with Crippen LogP contribution in [0.5, 0.6) is 11.5 Å². The van der Waals surface area contributed by atoms with E-state index in [0.717, 1.165) is 11.3 Å². The Labute approximate surface area is 174 Å². The predicted octanol–water partition coefficient (Wildman–Crippen LogP) is 4.26. The Morgan fingerprint density at radius 3 is 2.53 bits per heavy atom. The molecule has 0 atom stereocenters. The number of aromatic nitrogens is 2. The molecule has 0 fully saturated rings. The van der Waals surface area contributed by atoms with Crippen molar-refractivity contribution in [2.75, 3.05) is 11.8 Å². The van der Waals surface area contributed by atoms with E-state index in [0.29, 0.717) is 28.3 Å². The lowest BCUT2D eigenvalue weighted by Gasteiger charge is -2.08. The highest BCUT2D eigenvalue weighted by molar-refractivity contribution is 7.92. The van der Waals surface area contributed by atoms with E-state index in [1.807, 2.05) is 31.2 Å². The standard InChI is InChI=1S/C22H21N3O4S/c1-15-5-3-4-6-21(15)29-14-22-23-19-12-11-18(13-20(19)24-22)30(26,27)25-16-7-9-17(28-2)10-8-16/h3-13,25H,14H2,1-2H3,(H,23,24). The van der Waals surface area contributed by atoms with Crippen molar-refractivity contribution in [1.29, 1.82) is 0 Å². The molecule has 1 heterocycles. The first-order valence-corrected chi connectivity index (χ1v) is 10.8. The van der Waals surface area contributed by atoms with Gasteiger partial charge >= 0.3 is 0 Å². The SMILES string of the molecule is COc1ccc(NS(=O)(=O)c2ccc3nc(COc4ccccc4C)[nH]c3c2)cc1. The van der Waals surface area contributed by atoms with Gasteiger partial charge in [0.05, 0.1) is 23.0 Å². The van der Waals surface area contributed by atoms with Crippen molar-refractivity contribution in [2.45, 2.75) is 18.4 Å². The van der Waals surface area contributed by atoms with Gasteiger partial charge in [-0.3, -0.25) is 4.72 Å². The summed E-state index contributed by atoms with van der Waals surface area (Å²) in [7, 11) is -2.19. The molecule has 0 bridgehead atoms. The Hall–Kier alpha value is -3.52. The second-order valence-electron chi connectivity index (χ2n) is 6.75. The fraction of sp³-hybridized carbons (Fsp3) is 0.136. The lowest BCUT2D eigenvalue weighted by molar-refractivity contribution is 0.295. The Morgan fingerprint density at radius 2 is 1.80 bits per heavy atom. The number of ether oxygens (including phenoxy) is 2. The lowest BCUT2D eigenvalue weighted by Crippen LogP contribution is -2.12. The number of H-pyrrole nitrogens is 1. The summed E-state index contributed by atoms with van der Waals surface area (Å²) in [5, 5.41) is 0. The van der Waals surface area contributed by atoms with Gasteiger partial charge in [0.2, 0.25) is 0 Å². The van der Waals surface area contributed by atoms with Crippen LogP contribution in [-0.2, 0) is 16.6 Å². The first-order chi connectivity index (χ1) is 14.4. The van der Waals surface area contributed by atoms with Crippen LogP contribution in [0.4, 0.5) is 5.69 Å². The fourth-order valence-electron chi connectivity index (χ4n) is 3.01. The molecule has 0 spiro atoms. The number of aryl methyl sites for hydroxylation is 1. The van der Waals surface area contributed by atoms with Crippen molar-refractivity contribution in [3.63, 3.8) is 0 Å². The number of fused-ring (bicyclic) bond motifs is 1. The molecule has 8 heteroatoms. The van der Waals surface area contributed by atoms with Gasteiger partial charge in [-0.25, -0.2) is 13.4 Å². The average molecular weight is 423 g/mol. The smallest absolute Gasteiger partial charge is 0.261 e. The molecule has 30 heavy (non-hydrogen) atoms. The van der Waals surface area contributed by atoms with Crippen molar-refractivity contribution in [3.05, 3.63) is 78.1 Å². The van der Waals surface area contributed by atoms with Gasteiger partial charge < -0.3 is 14.5 Å². The number of imidazole rings is 1. The van der Waals surface area contributed by atoms with Crippen molar-refractivity contribution < 1.29 is 17.9 Å². The number of nitrogens with one attached hydrogen (secondary N) is 2. The van der Waals surface area contributed by atoms with E-state index in [1.54, 1.807) is 43.5 Å². The minimum Gasteiger partial charge on any atom is -0.497 e. The number of hydrogen-bond donors (Lipinski definition) is 2. The molecule has 2 N–H and O–H groups in total. The van der Waals surface area contributed by atoms with Crippen molar-refractivity contribution in [3.8, 4) is 11.5 Å². The fourth-order valence-corrected chi connectivity index (χ4v) is 4.10. The molecule has 0 saturated heterocycles. The highest BCUT2D eigenvalue weighted by Gasteiger charge is 2.16. The minimum absolute atomic E-state index is 0.140. The maximum absolute atomic E-state index is 12.8. The van der Waals surface area contributed by atoms with Gasteiger partial charge in [0.1, 0.15) is 23.9 Å². The molecule has 0 aliphatic heterocycles. The summed E-state index contributed by atoms with van der Waals surface area (Å²) in [4.78, 5) is 7.75. The number of anilines is 1. The zero-order valence-electron chi connectivity index (χ0n) is 16.5. The highest BCUT2D eigenvalue weighted by Crippen LogP contribution is 2.23. The number of hydrogen-bond acceptors (Lipinski definition) is 5. The van der Waals surface area contributed by atoms with E-state index in [-0.39, 0.29) is 11.5 Å². The molecule has 0 unspecified atom stereocenters. The molecule has 0 saturated carbocycles. The van der Waals surface area contributed by atoms with Gasteiger partial charge in [0, 0.05) is 5.69 Å². The molecular weight excluding hydrogens is 402 g/mol. The Bertz CT molecular complexity index is 1280. The number of benzene rings is 3. The zero-order valence-corrected chi connectivity index (χ0v) is 17.4. The molecule has 0 aliphatic rings. The van der Waals surface area contributed by atoms with Crippen LogP contribution in [-0.4, -0.2) is 25.5 Å². The molecule has 4 rings (SSSR count). The predicted molar refractivity (Wildman–Crippen MR) is 115 cm³/mol. The quantitative estimate of drug-likeness (QED) is 0.463. The summed E-state index contributed by atoms with van der Waals surface area (Å²) in [6, 6.07) is 19.2. The number of para-hydroxylation sites is 1. The Morgan fingerprint density at radius 1 is 1.03 bits per heavy atom. The second kappa shape index (κ2) is 8.08. The molecule has 4 aromatic rings. The number of rotatable bonds is 7. The van der Waals surface area contributed by atoms with Gasteiger partial charge in [-0.2, -0.15) is 0 Å². The topological polar surface area (TPSA) is 93.3 Å². The van der Waals surface area contributed by atoms with E-state index in [2.05, 4.69) is 14.7 Å². The third-order valence-corrected chi connectivity index (χ3v) is 5.99. The van der Waals surface area contributed by atoms with Gasteiger partial charge in [-0.05, 0) is 61.0 Å². The van der Waals surface area contributed by atoms with Gasteiger partial charge in [-0.15, -0.1) is 0 Å². The third-order valence-electron chi connectivity index (χ3n) is 4.61. The first kappa shape index (κ1) is 19.8. The average Bonchev–Trinajstić information content (AvgIpc) is 3.15. The van der Waals surface area contributed by atoms with Gasteiger partial charge in [0.25, 0.3) is 10.0 Å². The molecule has 1 aromatic heterocycles. The summed E-state index contributed by atoms with van der Waals surface area (Å²) >= 11 is 0. The van der Waals surface area contributed by atoms with Crippen LogP contribution in [0, 0.1) is 6.92 Å². The summed E-state index contributed by atoms with van der Waals surface area (Å²) < 4.78 is 39.0. The molecule has 0 aliphatic carbocycles. The summed E-state index contributed by atoms with van der Waals surface area (Å²) in [5.41, 5.74) is 2.78. The number of aromatic amines is 1. The summed E-state index contributed by atoms with van der Waals surface area (Å²) in [6.45, 7) is 2.23. The number of nitrogens with zero attached hydrogens (tertiary/aromatic N) is 1. The van der Waals surface area contributed by atoms with Gasteiger partial charge in [-0.1, -0.05) is 18.2 Å². The van der Waals surface area contributed by atoms with E-state index in [4.69, 9.17) is 9.47 Å². The minimum atomic E-state index is -3.75. The molecular formula is C22H21N3O4S. The lowest BCUT2D eigenvalue weighted by atomic mass is 10.2. The van der Waals surface area contributed by atoms with E-state index in [1.165, 1.54) is 6.07 Å². The molecule has 0 amide bonds. The maximum atomic E-state index is 12.8. The first-order valence-electron chi connectivity index (χ1n) is 9.28. The summed E-state index contributed by atoms with van der Waals surface area (Å²) in [5.74, 6) is 2.05. The maximum Gasteiger partial charge on any atom is 0.261 e. The Balaban J connectivity index is 1.53. The molecule has 0 radical (unpaired) electrons. The largest absolute Gasteiger partial charge is 0.497 e. The van der Waals surface area contributed by atoms with Crippen molar-refractivity contribution in [2.24, 2.45) is 0 Å².